The summed E-state index contributed by atoms with van der Waals surface area (Å²) in [6.07, 6.45) is 3.48. The van der Waals surface area contributed by atoms with Gasteiger partial charge in [0.15, 0.2) is 0 Å². The Balaban J connectivity index is 2.14. The number of likely N-dealkylation sites (N-methyl/N-ethyl adjacent to an activating group) is 1. The van der Waals surface area contributed by atoms with Crippen LogP contribution in [0.3, 0.4) is 0 Å². The van der Waals surface area contributed by atoms with Crippen LogP contribution < -0.4 is 4.74 Å². The van der Waals surface area contributed by atoms with Gasteiger partial charge in [-0.2, -0.15) is 0 Å². The zero-order valence-corrected chi connectivity index (χ0v) is 11.3. The van der Waals surface area contributed by atoms with Crippen LogP contribution in [0.5, 0.6) is 5.75 Å². The fourth-order valence-corrected chi connectivity index (χ4v) is 3.03. The maximum atomic E-state index is 5.51. The van der Waals surface area contributed by atoms with E-state index in [2.05, 4.69) is 36.1 Å². The molecule has 1 heterocycles. The van der Waals surface area contributed by atoms with E-state index in [1.165, 1.54) is 28.6 Å². The van der Waals surface area contributed by atoms with E-state index < -0.39 is 0 Å². The fraction of sp³-hybridized carbons (Fsp3) is 0.467. The molecule has 2 aromatic rings. The molecule has 0 saturated heterocycles. The number of H-pyrrole nitrogens is 1. The number of aromatic amines is 1. The summed E-state index contributed by atoms with van der Waals surface area (Å²) < 4.78 is 5.51. The van der Waals surface area contributed by atoms with Crippen molar-refractivity contribution in [1.29, 1.82) is 0 Å². The Hall–Kier alpha value is -1.48. The Bertz CT molecular complexity index is 571. The highest BCUT2D eigenvalue weighted by atomic mass is 16.5. The average molecular weight is 244 g/mol. The highest BCUT2D eigenvalue weighted by Gasteiger charge is 2.24. The van der Waals surface area contributed by atoms with Crippen molar-refractivity contribution in [3.05, 3.63) is 29.5 Å². The fourth-order valence-electron chi connectivity index (χ4n) is 3.03. The summed E-state index contributed by atoms with van der Waals surface area (Å²) in [7, 11) is 6.09. The molecule has 96 valence electrons. The molecule has 1 atom stereocenters. The lowest BCUT2D eigenvalue weighted by Gasteiger charge is -2.28. The van der Waals surface area contributed by atoms with E-state index in [-0.39, 0.29) is 0 Å². The van der Waals surface area contributed by atoms with Crippen LogP contribution in [0.4, 0.5) is 0 Å². The first-order valence-electron chi connectivity index (χ1n) is 6.53. The number of hydrogen-bond acceptors (Lipinski definition) is 2. The normalized spacial score (nSPS) is 19.2. The standard InChI is InChI=1S/C15H20N2O/c1-17(2)10-7-8-12-11(9-10)15-13(16-12)5-4-6-14(15)18-3/h4-6,10,16H,7-9H2,1-3H3. The number of nitrogens with zero attached hydrogens (tertiary/aromatic N) is 1. The summed E-state index contributed by atoms with van der Waals surface area (Å²) in [5.74, 6) is 0.990. The molecule has 0 spiro atoms. The van der Waals surface area contributed by atoms with Crippen LogP contribution in [-0.2, 0) is 12.8 Å². The van der Waals surface area contributed by atoms with Gasteiger partial charge in [-0.1, -0.05) is 6.07 Å². The van der Waals surface area contributed by atoms with Crippen molar-refractivity contribution in [3.63, 3.8) is 0 Å². The number of aryl methyl sites for hydroxylation is 1. The van der Waals surface area contributed by atoms with Crippen LogP contribution in [0.15, 0.2) is 18.2 Å². The van der Waals surface area contributed by atoms with Gasteiger partial charge in [0.2, 0.25) is 0 Å². The maximum Gasteiger partial charge on any atom is 0.128 e. The third kappa shape index (κ3) is 1.70. The van der Waals surface area contributed by atoms with Crippen LogP contribution in [0, 0.1) is 0 Å². The molecule has 0 amide bonds. The van der Waals surface area contributed by atoms with Gasteiger partial charge >= 0.3 is 0 Å². The monoisotopic (exact) mass is 244 g/mol. The molecular weight excluding hydrogens is 224 g/mol. The summed E-state index contributed by atoms with van der Waals surface area (Å²) in [5, 5.41) is 1.28. The minimum Gasteiger partial charge on any atom is -0.496 e. The molecule has 1 aromatic carbocycles. The summed E-state index contributed by atoms with van der Waals surface area (Å²) in [6, 6.07) is 6.88. The second-order valence-corrected chi connectivity index (χ2v) is 5.33. The van der Waals surface area contributed by atoms with E-state index in [1.54, 1.807) is 7.11 Å². The Morgan fingerprint density at radius 3 is 2.89 bits per heavy atom. The van der Waals surface area contributed by atoms with Crippen molar-refractivity contribution in [2.45, 2.75) is 25.3 Å². The Labute approximate surface area is 108 Å². The second-order valence-electron chi connectivity index (χ2n) is 5.33. The van der Waals surface area contributed by atoms with Gasteiger partial charge in [-0.3, -0.25) is 0 Å². The molecule has 0 fully saturated rings. The number of hydrogen-bond donors (Lipinski definition) is 1. The molecule has 0 aliphatic heterocycles. The molecule has 0 saturated carbocycles. The van der Waals surface area contributed by atoms with Crippen molar-refractivity contribution in [1.82, 2.24) is 9.88 Å². The molecule has 3 rings (SSSR count). The summed E-state index contributed by atoms with van der Waals surface area (Å²) >= 11 is 0. The van der Waals surface area contributed by atoms with Crippen LogP contribution in [0.2, 0.25) is 0 Å². The van der Waals surface area contributed by atoms with Gasteiger partial charge in [-0.25, -0.2) is 0 Å². The number of nitrogens with one attached hydrogen (secondary N) is 1. The predicted octanol–water partition coefficient (Wildman–Crippen LogP) is 2.60. The van der Waals surface area contributed by atoms with Crippen molar-refractivity contribution < 1.29 is 4.74 Å². The summed E-state index contributed by atoms with van der Waals surface area (Å²) in [6.45, 7) is 0. The summed E-state index contributed by atoms with van der Waals surface area (Å²) in [5.41, 5.74) is 4.05. The quantitative estimate of drug-likeness (QED) is 0.879. The smallest absolute Gasteiger partial charge is 0.128 e. The van der Waals surface area contributed by atoms with Crippen molar-refractivity contribution in [2.75, 3.05) is 21.2 Å². The third-order valence-corrected chi connectivity index (χ3v) is 4.10. The Morgan fingerprint density at radius 2 is 2.17 bits per heavy atom. The first kappa shape index (κ1) is 11.6. The maximum absolute atomic E-state index is 5.51. The van der Waals surface area contributed by atoms with Crippen molar-refractivity contribution in [2.24, 2.45) is 0 Å². The highest BCUT2D eigenvalue weighted by Crippen LogP contribution is 2.35. The van der Waals surface area contributed by atoms with E-state index in [4.69, 9.17) is 4.74 Å². The molecule has 3 nitrogen and oxygen atoms in total. The number of ether oxygens (including phenoxy) is 1. The molecule has 1 N–H and O–H groups in total. The van der Waals surface area contributed by atoms with Crippen LogP contribution in [-0.4, -0.2) is 37.1 Å². The number of benzene rings is 1. The van der Waals surface area contributed by atoms with Crippen molar-refractivity contribution in [3.8, 4) is 5.75 Å². The van der Waals surface area contributed by atoms with E-state index in [0.717, 1.165) is 18.6 Å². The largest absolute Gasteiger partial charge is 0.496 e. The average Bonchev–Trinajstić information content (AvgIpc) is 2.75. The van der Waals surface area contributed by atoms with Crippen molar-refractivity contribution >= 4 is 10.9 Å². The van der Waals surface area contributed by atoms with Crippen LogP contribution in [0.1, 0.15) is 17.7 Å². The molecule has 0 radical (unpaired) electrons. The first-order valence-corrected chi connectivity index (χ1v) is 6.53. The Kier molecular flexibility index (Phi) is 2.78. The molecule has 1 aromatic heterocycles. The minimum atomic E-state index is 0.640. The molecule has 18 heavy (non-hydrogen) atoms. The minimum absolute atomic E-state index is 0.640. The number of aromatic nitrogens is 1. The van der Waals surface area contributed by atoms with Crippen LogP contribution >= 0.6 is 0 Å². The zero-order chi connectivity index (χ0) is 12.7. The van der Waals surface area contributed by atoms with E-state index >= 15 is 0 Å². The van der Waals surface area contributed by atoms with E-state index in [9.17, 15) is 0 Å². The summed E-state index contributed by atoms with van der Waals surface area (Å²) in [4.78, 5) is 5.88. The molecule has 1 unspecified atom stereocenters. The van der Waals surface area contributed by atoms with Gasteiger partial charge in [-0.15, -0.1) is 0 Å². The zero-order valence-electron chi connectivity index (χ0n) is 11.3. The molecule has 0 bridgehead atoms. The third-order valence-electron chi connectivity index (χ3n) is 4.10. The second kappa shape index (κ2) is 4.32. The molecule has 1 aliphatic carbocycles. The lowest BCUT2D eigenvalue weighted by Crippen LogP contribution is -2.33. The van der Waals surface area contributed by atoms with Gasteiger partial charge in [0.25, 0.3) is 0 Å². The number of fused-ring (bicyclic) bond motifs is 3. The predicted molar refractivity (Wildman–Crippen MR) is 74.4 cm³/mol. The SMILES string of the molecule is COc1cccc2[nH]c3c(c12)CC(N(C)C)CC3. The molecule has 3 heteroatoms. The lowest BCUT2D eigenvalue weighted by molar-refractivity contribution is 0.268. The van der Waals surface area contributed by atoms with E-state index in [0.29, 0.717) is 6.04 Å². The lowest BCUT2D eigenvalue weighted by atomic mass is 9.90. The number of methoxy groups -OCH3 is 1. The van der Waals surface area contributed by atoms with Gasteiger partial charge in [0.05, 0.1) is 7.11 Å². The first-order chi connectivity index (χ1) is 8.70. The van der Waals surface area contributed by atoms with E-state index in [1.807, 2.05) is 6.07 Å². The van der Waals surface area contributed by atoms with Crippen LogP contribution in [0.25, 0.3) is 10.9 Å². The Morgan fingerprint density at radius 1 is 1.33 bits per heavy atom. The number of rotatable bonds is 2. The van der Waals surface area contributed by atoms with Gasteiger partial charge in [-0.05, 0) is 51.1 Å². The van der Waals surface area contributed by atoms with Gasteiger partial charge < -0.3 is 14.6 Å². The topological polar surface area (TPSA) is 28.3 Å². The molecule has 1 aliphatic rings. The van der Waals surface area contributed by atoms with Gasteiger partial charge in [0.1, 0.15) is 5.75 Å². The highest BCUT2D eigenvalue weighted by molar-refractivity contribution is 5.90. The molecular formula is C15H20N2O. The van der Waals surface area contributed by atoms with Gasteiger partial charge in [0, 0.05) is 22.6 Å².